The van der Waals surface area contributed by atoms with Gasteiger partial charge in [-0.3, -0.25) is 4.79 Å². The fourth-order valence-electron chi connectivity index (χ4n) is 2.43. The van der Waals surface area contributed by atoms with E-state index in [0.717, 1.165) is 13.0 Å². The Morgan fingerprint density at radius 2 is 2.26 bits per heavy atom. The first-order valence-electron chi connectivity index (χ1n) is 6.99. The van der Waals surface area contributed by atoms with Gasteiger partial charge in [0.15, 0.2) is 0 Å². The van der Waals surface area contributed by atoms with Crippen LogP contribution in [0.1, 0.15) is 31.2 Å². The summed E-state index contributed by atoms with van der Waals surface area (Å²) in [5, 5.41) is 6.22. The molecule has 2 rings (SSSR count). The van der Waals surface area contributed by atoms with Crippen LogP contribution in [-0.2, 0) is 11.2 Å². The molecule has 0 spiro atoms. The molecule has 19 heavy (non-hydrogen) atoms. The number of amides is 1. The molecule has 0 bridgehead atoms. The molecule has 1 heterocycles. The Labute approximate surface area is 113 Å². The Morgan fingerprint density at radius 1 is 1.42 bits per heavy atom. The predicted octanol–water partition coefficient (Wildman–Crippen LogP) is 2.02. The van der Waals surface area contributed by atoms with Crippen molar-refractivity contribution in [2.75, 3.05) is 13.1 Å². The van der Waals surface area contributed by atoms with Gasteiger partial charge in [0.05, 0.1) is 0 Å². The molecule has 4 heteroatoms. The van der Waals surface area contributed by atoms with Crippen LogP contribution in [0.5, 0.6) is 0 Å². The minimum atomic E-state index is -0.202. The highest BCUT2D eigenvalue weighted by atomic mass is 19.1. The van der Waals surface area contributed by atoms with Gasteiger partial charge in [-0.05, 0) is 43.9 Å². The maximum absolute atomic E-state index is 13.3. The molecule has 1 atom stereocenters. The van der Waals surface area contributed by atoms with Gasteiger partial charge in [0.1, 0.15) is 5.82 Å². The third-order valence-electron chi connectivity index (χ3n) is 3.56. The van der Waals surface area contributed by atoms with Crippen LogP contribution in [0.25, 0.3) is 0 Å². The monoisotopic (exact) mass is 264 g/mol. The van der Waals surface area contributed by atoms with Crippen molar-refractivity contribution in [1.29, 1.82) is 0 Å². The van der Waals surface area contributed by atoms with Gasteiger partial charge in [-0.25, -0.2) is 4.39 Å². The van der Waals surface area contributed by atoms with Crippen LogP contribution in [0.4, 0.5) is 4.39 Å². The van der Waals surface area contributed by atoms with Crippen LogP contribution in [0.3, 0.4) is 0 Å². The summed E-state index contributed by atoms with van der Waals surface area (Å²) in [5.41, 5.74) is 0.653. The summed E-state index contributed by atoms with van der Waals surface area (Å²) in [5.74, 6) is -0.142. The maximum atomic E-state index is 13.3. The van der Waals surface area contributed by atoms with E-state index in [9.17, 15) is 9.18 Å². The lowest BCUT2D eigenvalue weighted by atomic mass is 10.1. The van der Waals surface area contributed by atoms with E-state index in [1.165, 1.54) is 18.9 Å². The number of carbonyl (C=O) groups is 1. The third kappa shape index (κ3) is 4.63. The SMILES string of the molecule is O=C(CCC1CCCN1)NCCc1ccccc1F. The van der Waals surface area contributed by atoms with E-state index in [1.54, 1.807) is 12.1 Å². The van der Waals surface area contributed by atoms with Gasteiger partial charge in [0.2, 0.25) is 5.91 Å². The summed E-state index contributed by atoms with van der Waals surface area (Å²) in [4.78, 5) is 11.6. The zero-order valence-electron chi connectivity index (χ0n) is 11.1. The van der Waals surface area contributed by atoms with Gasteiger partial charge >= 0.3 is 0 Å². The molecule has 0 radical (unpaired) electrons. The van der Waals surface area contributed by atoms with Crippen molar-refractivity contribution in [1.82, 2.24) is 10.6 Å². The maximum Gasteiger partial charge on any atom is 0.220 e. The van der Waals surface area contributed by atoms with Crippen LogP contribution in [0.2, 0.25) is 0 Å². The van der Waals surface area contributed by atoms with Crippen molar-refractivity contribution in [2.24, 2.45) is 0 Å². The second-order valence-electron chi connectivity index (χ2n) is 5.02. The molecule has 0 aromatic heterocycles. The molecule has 0 saturated carbocycles. The lowest BCUT2D eigenvalue weighted by Crippen LogP contribution is -2.28. The predicted molar refractivity (Wildman–Crippen MR) is 73.4 cm³/mol. The molecule has 1 aliphatic rings. The van der Waals surface area contributed by atoms with Gasteiger partial charge in [0.25, 0.3) is 0 Å². The normalized spacial score (nSPS) is 18.5. The van der Waals surface area contributed by atoms with Crippen molar-refractivity contribution in [3.05, 3.63) is 35.6 Å². The average Bonchev–Trinajstić information content (AvgIpc) is 2.92. The molecule has 3 nitrogen and oxygen atoms in total. The number of rotatable bonds is 6. The van der Waals surface area contributed by atoms with E-state index in [0.29, 0.717) is 31.0 Å². The van der Waals surface area contributed by atoms with Crippen LogP contribution < -0.4 is 10.6 Å². The van der Waals surface area contributed by atoms with E-state index in [4.69, 9.17) is 0 Å². The third-order valence-corrected chi connectivity index (χ3v) is 3.56. The summed E-state index contributed by atoms with van der Waals surface area (Å²) in [7, 11) is 0. The number of nitrogens with one attached hydrogen (secondary N) is 2. The lowest BCUT2D eigenvalue weighted by molar-refractivity contribution is -0.121. The molecule has 1 saturated heterocycles. The fourth-order valence-corrected chi connectivity index (χ4v) is 2.43. The van der Waals surface area contributed by atoms with Crippen molar-refractivity contribution < 1.29 is 9.18 Å². The van der Waals surface area contributed by atoms with E-state index in [2.05, 4.69) is 10.6 Å². The van der Waals surface area contributed by atoms with Crippen molar-refractivity contribution in [2.45, 2.75) is 38.1 Å². The summed E-state index contributed by atoms with van der Waals surface area (Å²) in [6.45, 7) is 1.57. The highest BCUT2D eigenvalue weighted by molar-refractivity contribution is 5.75. The molecule has 1 unspecified atom stereocenters. The molecule has 1 amide bonds. The van der Waals surface area contributed by atoms with Gasteiger partial charge in [0, 0.05) is 19.0 Å². The quantitative estimate of drug-likeness (QED) is 0.825. The Morgan fingerprint density at radius 3 is 3.00 bits per heavy atom. The van der Waals surface area contributed by atoms with Crippen LogP contribution in [-0.4, -0.2) is 25.0 Å². The minimum absolute atomic E-state index is 0.0602. The first-order chi connectivity index (χ1) is 9.25. The standard InChI is InChI=1S/C15H21FN2O/c16-14-6-2-1-4-12(14)9-11-18-15(19)8-7-13-5-3-10-17-13/h1-2,4,6,13,17H,3,5,7-11H2,(H,18,19). The highest BCUT2D eigenvalue weighted by Gasteiger charge is 2.14. The Balaban J connectivity index is 1.62. The molecule has 1 aromatic rings. The molecule has 1 aromatic carbocycles. The molecular weight excluding hydrogens is 243 g/mol. The topological polar surface area (TPSA) is 41.1 Å². The number of hydrogen-bond donors (Lipinski definition) is 2. The van der Waals surface area contributed by atoms with E-state index < -0.39 is 0 Å². The smallest absolute Gasteiger partial charge is 0.220 e. The van der Waals surface area contributed by atoms with Crippen LogP contribution in [0.15, 0.2) is 24.3 Å². The van der Waals surface area contributed by atoms with Gasteiger partial charge in [-0.2, -0.15) is 0 Å². The average molecular weight is 264 g/mol. The molecular formula is C15H21FN2O. The van der Waals surface area contributed by atoms with Crippen molar-refractivity contribution in [3.63, 3.8) is 0 Å². The van der Waals surface area contributed by atoms with E-state index in [1.807, 2.05) is 6.07 Å². The fraction of sp³-hybridized carbons (Fsp3) is 0.533. The van der Waals surface area contributed by atoms with Gasteiger partial charge < -0.3 is 10.6 Å². The second kappa shape index (κ2) is 7.24. The Hall–Kier alpha value is -1.42. The number of hydrogen-bond acceptors (Lipinski definition) is 2. The van der Waals surface area contributed by atoms with E-state index >= 15 is 0 Å². The molecule has 104 valence electrons. The Bertz CT molecular complexity index is 416. The number of benzene rings is 1. The molecule has 0 aliphatic carbocycles. The van der Waals surface area contributed by atoms with Crippen molar-refractivity contribution >= 4 is 5.91 Å². The summed E-state index contributed by atoms with van der Waals surface area (Å²) >= 11 is 0. The number of halogens is 1. The zero-order valence-corrected chi connectivity index (χ0v) is 11.1. The molecule has 1 aliphatic heterocycles. The van der Waals surface area contributed by atoms with E-state index in [-0.39, 0.29) is 11.7 Å². The first kappa shape index (κ1) is 14.0. The lowest BCUT2D eigenvalue weighted by Gasteiger charge is -2.10. The summed E-state index contributed by atoms with van der Waals surface area (Å²) < 4.78 is 13.3. The van der Waals surface area contributed by atoms with Crippen LogP contribution >= 0.6 is 0 Å². The van der Waals surface area contributed by atoms with Gasteiger partial charge in [-0.15, -0.1) is 0 Å². The molecule has 1 fully saturated rings. The summed E-state index contributed by atoms with van der Waals surface area (Å²) in [6, 6.07) is 7.18. The zero-order chi connectivity index (χ0) is 13.5. The van der Waals surface area contributed by atoms with Crippen molar-refractivity contribution in [3.8, 4) is 0 Å². The van der Waals surface area contributed by atoms with Crippen LogP contribution in [0, 0.1) is 5.82 Å². The largest absolute Gasteiger partial charge is 0.356 e. The molecule has 2 N–H and O–H groups in total. The highest BCUT2D eigenvalue weighted by Crippen LogP contribution is 2.10. The van der Waals surface area contributed by atoms with Gasteiger partial charge in [-0.1, -0.05) is 18.2 Å². The Kier molecular flexibility index (Phi) is 5.33. The second-order valence-corrected chi connectivity index (χ2v) is 5.02. The minimum Gasteiger partial charge on any atom is -0.356 e. The summed E-state index contributed by atoms with van der Waals surface area (Å²) in [6.07, 6.45) is 4.36. The first-order valence-corrected chi connectivity index (χ1v) is 6.99. The number of carbonyl (C=O) groups excluding carboxylic acids is 1.